The Labute approximate surface area is 204 Å². The second kappa shape index (κ2) is 23.4. The smallest absolute Gasteiger partial charge is 0.230 e. The number of halogens is 1. The highest BCUT2D eigenvalue weighted by molar-refractivity contribution is 5.85. The van der Waals surface area contributed by atoms with Gasteiger partial charge in [-0.05, 0) is 32.1 Å². The van der Waals surface area contributed by atoms with Gasteiger partial charge in [0.15, 0.2) is 0 Å². The number of piperidine rings is 1. The normalized spacial score (nSPS) is 15.9. The zero-order chi connectivity index (χ0) is 22.4. The van der Waals surface area contributed by atoms with E-state index in [2.05, 4.69) is 17.3 Å². The zero-order valence-corrected chi connectivity index (χ0v) is 21.6. The zero-order valence-electron chi connectivity index (χ0n) is 20.8. The molecule has 0 aromatic heterocycles. The SMILES string of the molecule is CCCCCCCCCCCCCCCCCC(=O)N1CCCCC1CCONC=O.Cl. The fourth-order valence-corrected chi connectivity index (χ4v) is 4.71. The maximum Gasteiger partial charge on any atom is 0.230 e. The molecule has 0 radical (unpaired) electrons. The van der Waals surface area contributed by atoms with E-state index in [-0.39, 0.29) is 18.4 Å². The summed E-state index contributed by atoms with van der Waals surface area (Å²) in [6.45, 7) is 3.62. The number of amides is 2. The van der Waals surface area contributed by atoms with Gasteiger partial charge in [0.1, 0.15) is 0 Å². The molecular formula is C26H51ClN2O3. The third kappa shape index (κ3) is 16.8. The van der Waals surface area contributed by atoms with Crippen molar-refractivity contribution < 1.29 is 14.4 Å². The number of carbonyl (C=O) groups is 2. The summed E-state index contributed by atoms with van der Waals surface area (Å²) in [7, 11) is 0. The molecule has 1 aliphatic heterocycles. The summed E-state index contributed by atoms with van der Waals surface area (Å²) in [5.74, 6) is 0.308. The number of nitrogens with one attached hydrogen (secondary N) is 1. The van der Waals surface area contributed by atoms with Crippen molar-refractivity contribution in [3.05, 3.63) is 0 Å². The van der Waals surface area contributed by atoms with Crippen LogP contribution in [-0.4, -0.2) is 36.4 Å². The van der Waals surface area contributed by atoms with E-state index in [0.29, 0.717) is 25.3 Å². The lowest BCUT2D eigenvalue weighted by Crippen LogP contribution is -2.44. The molecular weight excluding hydrogens is 424 g/mol. The van der Waals surface area contributed by atoms with Crippen molar-refractivity contribution in [2.45, 2.75) is 141 Å². The molecule has 1 aliphatic rings. The molecule has 0 bridgehead atoms. The molecule has 0 aromatic rings. The van der Waals surface area contributed by atoms with E-state index in [1.807, 2.05) is 0 Å². The van der Waals surface area contributed by atoms with E-state index in [1.165, 1.54) is 96.3 Å². The van der Waals surface area contributed by atoms with Gasteiger partial charge in [-0.2, -0.15) is 0 Å². The fourth-order valence-electron chi connectivity index (χ4n) is 4.71. The second-order valence-corrected chi connectivity index (χ2v) is 9.31. The Kier molecular flexibility index (Phi) is 22.8. The average molecular weight is 475 g/mol. The van der Waals surface area contributed by atoms with Gasteiger partial charge in [0, 0.05) is 19.0 Å². The Bertz CT molecular complexity index is 437. The van der Waals surface area contributed by atoms with Crippen LogP contribution in [0.3, 0.4) is 0 Å². The molecule has 0 aliphatic carbocycles. The second-order valence-electron chi connectivity index (χ2n) is 9.31. The minimum absolute atomic E-state index is 0. The lowest BCUT2D eigenvalue weighted by molar-refractivity contribution is -0.136. The first-order valence-corrected chi connectivity index (χ1v) is 13.4. The molecule has 0 spiro atoms. The number of hydrogen-bond donors (Lipinski definition) is 1. The van der Waals surface area contributed by atoms with Crippen molar-refractivity contribution in [3.63, 3.8) is 0 Å². The summed E-state index contributed by atoms with van der Waals surface area (Å²) >= 11 is 0. The van der Waals surface area contributed by atoms with Crippen LogP contribution in [0.2, 0.25) is 0 Å². The van der Waals surface area contributed by atoms with Gasteiger partial charge in [-0.15, -0.1) is 12.4 Å². The lowest BCUT2D eigenvalue weighted by Gasteiger charge is -2.36. The molecule has 190 valence electrons. The van der Waals surface area contributed by atoms with Gasteiger partial charge in [-0.25, -0.2) is 5.48 Å². The van der Waals surface area contributed by atoms with E-state index >= 15 is 0 Å². The molecule has 1 fully saturated rings. The maximum atomic E-state index is 12.6. The molecule has 1 N–H and O–H groups in total. The number of carbonyl (C=O) groups excluding carboxylic acids is 2. The fraction of sp³-hybridized carbons (Fsp3) is 0.923. The van der Waals surface area contributed by atoms with Crippen LogP contribution in [0.15, 0.2) is 0 Å². The number of hydroxylamine groups is 1. The third-order valence-electron chi connectivity index (χ3n) is 6.63. The van der Waals surface area contributed by atoms with Crippen molar-refractivity contribution in [2.24, 2.45) is 0 Å². The van der Waals surface area contributed by atoms with Gasteiger partial charge in [-0.3, -0.25) is 14.4 Å². The van der Waals surface area contributed by atoms with E-state index in [9.17, 15) is 9.59 Å². The van der Waals surface area contributed by atoms with Crippen molar-refractivity contribution in [2.75, 3.05) is 13.2 Å². The van der Waals surface area contributed by atoms with Gasteiger partial charge < -0.3 is 4.90 Å². The van der Waals surface area contributed by atoms with Gasteiger partial charge in [0.05, 0.1) is 6.61 Å². The van der Waals surface area contributed by atoms with E-state index < -0.39 is 0 Å². The van der Waals surface area contributed by atoms with Crippen LogP contribution in [0.25, 0.3) is 0 Å². The summed E-state index contributed by atoms with van der Waals surface area (Å²) in [4.78, 5) is 30.0. The van der Waals surface area contributed by atoms with Crippen LogP contribution in [-0.2, 0) is 14.4 Å². The molecule has 1 unspecified atom stereocenters. The van der Waals surface area contributed by atoms with E-state index in [0.717, 1.165) is 32.2 Å². The first-order chi connectivity index (χ1) is 15.3. The monoisotopic (exact) mass is 474 g/mol. The van der Waals surface area contributed by atoms with Crippen LogP contribution < -0.4 is 5.48 Å². The molecule has 2 amide bonds. The number of unbranched alkanes of at least 4 members (excludes halogenated alkanes) is 14. The highest BCUT2D eigenvalue weighted by atomic mass is 35.5. The number of nitrogens with zero attached hydrogens (tertiary/aromatic N) is 1. The molecule has 1 saturated heterocycles. The van der Waals surface area contributed by atoms with Gasteiger partial charge in [-0.1, -0.05) is 96.8 Å². The van der Waals surface area contributed by atoms with Crippen molar-refractivity contribution in [1.29, 1.82) is 0 Å². The molecule has 32 heavy (non-hydrogen) atoms. The van der Waals surface area contributed by atoms with Crippen molar-refractivity contribution in [3.8, 4) is 0 Å². The van der Waals surface area contributed by atoms with Crippen LogP contribution >= 0.6 is 12.4 Å². The van der Waals surface area contributed by atoms with Crippen LogP contribution in [0.1, 0.15) is 135 Å². The quantitative estimate of drug-likeness (QED) is 0.109. The molecule has 5 nitrogen and oxygen atoms in total. The van der Waals surface area contributed by atoms with Crippen molar-refractivity contribution in [1.82, 2.24) is 10.4 Å². The molecule has 1 rings (SSSR count). The average Bonchev–Trinajstić information content (AvgIpc) is 2.79. The Balaban J connectivity index is 0.00000961. The largest absolute Gasteiger partial charge is 0.340 e. The highest BCUT2D eigenvalue weighted by Crippen LogP contribution is 2.21. The van der Waals surface area contributed by atoms with E-state index in [1.54, 1.807) is 0 Å². The van der Waals surface area contributed by atoms with Crippen LogP contribution in [0.5, 0.6) is 0 Å². The number of rotatable bonds is 21. The Morgan fingerprint density at radius 2 is 1.41 bits per heavy atom. The Hall–Kier alpha value is -0.810. The highest BCUT2D eigenvalue weighted by Gasteiger charge is 2.25. The van der Waals surface area contributed by atoms with Gasteiger partial charge in [0.2, 0.25) is 12.3 Å². The topological polar surface area (TPSA) is 58.6 Å². The van der Waals surface area contributed by atoms with Crippen LogP contribution in [0, 0.1) is 0 Å². The number of likely N-dealkylation sites (tertiary alicyclic amines) is 1. The lowest BCUT2D eigenvalue weighted by atomic mass is 9.98. The first-order valence-electron chi connectivity index (χ1n) is 13.4. The summed E-state index contributed by atoms with van der Waals surface area (Å²) in [6, 6.07) is 0.269. The van der Waals surface area contributed by atoms with Crippen molar-refractivity contribution >= 4 is 24.7 Å². The maximum absolute atomic E-state index is 12.6. The van der Waals surface area contributed by atoms with Gasteiger partial charge >= 0.3 is 0 Å². The predicted octanol–water partition coefficient (Wildman–Crippen LogP) is 7.12. The summed E-state index contributed by atoms with van der Waals surface area (Å²) in [5.41, 5.74) is 2.23. The minimum atomic E-state index is 0. The van der Waals surface area contributed by atoms with E-state index in [4.69, 9.17) is 4.84 Å². The summed E-state index contributed by atoms with van der Waals surface area (Å²) in [5, 5.41) is 0. The summed E-state index contributed by atoms with van der Waals surface area (Å²) in [6.07, 6.45) is 25.6. The molecule has 0 aromatic carbocycles. The Morgan fingerprint density at radius 3 is 1.94 bits per heavy atom. The third-order valence-corrected chi connectivity index (χ3v) is 6.63. The Morgan fingerprint density at radius 1 is 0.875 bits per heavy atom. The molecule has 6 heteroatoms. The summed E-state index contributed by atoms with van der Waals surface area (Å²) < 4.78 is 0. The van der Waals surface area contributed by atoms with Gasteiger partial charge in [0.25, 0.3) is 0 Å². The first kappa shape index (κ1) is 31.2. The predicted molar refractivity (Wildman–Crippen MR) is 136 cm³/mol. The van der Waals surface area contributed by atoms with Crippen LogP contribution in [0.4, 0.5) is 0 Å². The standard InChI is InChI=1S/C26H50N2O3.ClH/c1-2-3-4-5-6-7-8-9-10-11-12-13-14-15-16-20-26(30)28-22-18-17-19-25(28)21-23-31-27-24-29;/h24-25H,2-23H2,1H3,(H,27,29);1H. The molecule has 1 atom stereocenters. The number of hydrogen-bond acceptors (Lipinski definition) is 3. The molecule has 0 saturated carbocycles. The molecule has 1 heterocycles. The minimum Gasteiger partial charge on any atom is -0.340 e.